The van der Waals surface area contributed by atoms with Crippen molar-refractivity contribution >= 4 is 26.6 Å². The summed E-state index contributed by atoms with van der Waals surface area (Å²) in [6.07, 6.45) is 5.13. The van der Waals surface area contributed by atoms with Gasteiger partial charge in [-0.2, -0.15) is 0 Å². The Morgan fingerprint density at radius 3 is 2.84 bits per heavy atom. The molecule has 0 fully saturated rings. The lowest BCUT2D eigenvalue weighted by molar-refractivity contribution is 0.172. The summed E-state index contributed by atoms with van der Waals surface area (Å²) in [4.78, 5) is 3.54. The van der Waals surface area contributed by atoms with Crippen molar-refractivity contribution in [2.24, 2.45) is 0 Å². The molecular weight excluding hydrogens is 414 g/mol. The molecular formula is C23H29N3O4S. The van der Waals surface area contributed by atoms with Crippen LogP contribution in [0.25, 0.3) is 10.9 Å². The maximum Gasteiger partial charge on any atom is 0.229 e. The molecule has 0 spiro atoms. The number of hydrogen-bond donors (Lipinski definition) is 4. The van der Waals surface area contributed by atoms with E-state index in [2.05, 4.69) is 27.2 Å². The fourth-order valence-electron chi connectivity index (χ4n) is 4.10. The number of fused-ring (bicyclic) bond motifs is 3. The molecule has 0 saturated carbocycles. The molecule has 0 bridgehead atoms. The average molecular weight is 444 g/mol. The van der Waals surface area contributed by atoms with E-state index in [1.807, 2.05) is 6.07 Å². The predicted molar refractivity (Wildman–Crippen MR) is 123 cm³/mol. The number of H-pyrrole nitrogens is 1. The molecule has 8 heteroatoms. The second-order valence-electron chi connectivity index (χ2n) is 8.06. The largest absolute Gasteiger partial charge is 0.492 e. The molecule has 1 atom stereocenters. The highest BCUT2D eigenvalue weighted by atomic mass is 32.2. The number of rotatable bonds is 9. The number of nitrogens with one attached hydrogen (secondary N) is 3. The van der Waals surface area contributed by atoms with Gasteiger partial charge in [0.25, 0.3) is 0 Å². The molecule has 1 heterocycles. The van der Waals surface area contributed by atoms with E-state index in [1.165, 1.54) is 29.5 Å². The Hall–Kier alpha value is -2.55. The zero-order chi connectivity index (χ0) is 21.8. The van der Waals surface area contributed by atoms with E-state index in [-0.39, 0.29) is 0 Å². The number of sulfonamides is 1. The summed E-state index contributed by atoms with van der Waals surface area (Å²) in [6.45, 7) is 1.40. The number of aliphatic hydroxyl groups is 1. The van der Waals surface area contributed by atoms with Crippen molar-refractivity contribution in [2.45, 2.75) is 31.8 Å². The van der Waals surface area contributed by atoms with Crippen LogP contribution in [0.15, 0.2) is 42.5 Å². The minimum atomic E-state index is -3.35. The first-order chi connectivity index (χ1) is 14.9. The van der Waals surface area contributed by atoms with Gasteiger partial charge in [0.1, 0.15) is 12.4 Å². The van der Waals surface area contributed by atoms with Crippen LogP contribution in [0.4, 0.5) is 5.69 Å². The Morgan fingerprint density at radius 2 is 2.00 bits per heavy atom. The van der Waals surface area contributed by atoms with Crippen molar-refractivity contribution < 1.29 is 18.3 Å². The average Bonchev–Trinajstić information content (AvgIpc) is 3.10. The Bertz CT molecular complexity index is 1160. The number of aromatic amines is 1. The molecule has 4 N–H and O–H groups in total. The van der Waals surface area contributed by atoms with Crippen molar-refractivity contribution in [1.82, 2.24) is 10.3 Å². The summed E-state index contributed by atoms with van der Waals surface area (Å²) < 4.78 is 31.0. The Labute approximate surface area is 182 Å². The van der Waals surface area contributed by atoms with Gasteiger partial charge in [-0.1, -0.05) is 12.1 Å². The molecule has 1 aliphatic carbocycles. The minimum absolute atomic E-state index is 0.341. The van der Waals surface area contributed by atoms with Crippen molar-refractivity contribution in [3.63, 3.8) is 0 Å². The smallest absolute Gasteiger partial charge is 0.229 e. The minimum Gasteiger partial charge on any atom is -0.492 e. The van der Waals surface area contributed by atoms with Crippen molar-refractivity contribution in [3.8, 4) is 5.75 Å². The molecule has 0 radical (unpaired) electrons. The fraction of sp³-hybridized carbons (Fsp3) is 0.391. The van der Waals surface area contributed by atoms with Gasteiger partial charge in [-0.15, -0.1) is 0 Å². The van der Waals surface area contributed by atoms with Crippen molar-refractivity contribution in [3.05, 3.63) is 59.3 Å². The van der Waals surface area contributed by atoms with E-state index in [0.29, 0.717) is 30.9 Å². The van der Waals surface area contributed by atoms with Crippen molar-refractivity contribution in [1.29, 1.82) is 0 Å². The van der Waals surface area contributed by atoms with Crippen molar-refractivity contribution in [2.75, 3.05) is 30.7 Å². The third-order valence-electron chi connectivity index (χ3n) is 5.53. The molecule has 0 saturated heterocycles. The van der Waals surface area contributed by atoms with Crippen LogP contribution >= 0.6 is 0 Å². The highest BCUT2D eigenvalue weighted by Crippen LogP contribution is 2.31. The second kappa shape index (κ2) is 9.30. The summed E-state index contributed by atoms with van der Waals surface area (Å²) in [6, 6.07) is 13.0. The van der Waals surface area contributed by atoms with E-state index >= 15 is 0 Å². The van der Waals surface area contributed by atoms with Gasteiger partial charge in [-0.05, 0) is 61.1 Å². The third kappa shape index (κ3) is 5.58. The lowest BCUT2D eigenvalue weighted by Gasteiger charge is -2.14. The lowest BCUT2D eigenvalue weighted by atomic mass is 9.96. The molecule has 4 rings (SSSR count). The van der Waals surface area contributed by atoms with E-state index < -0.39 is 16.1 Å². The van der Waals surface area contributed by atoms with E-state index in [9.17, 15) is 13.5 Å². The van der Waals surface area contributed by atoms with Crippen LogP contribution in [0.2, 0.25) is 0 Å². The standard InChI is InChI=1S/C23H29N3O4S/c1-31(28,29)26-17-6-4-5-16(13-17)23(27)15-24-11-12-30-18-9-10-20-19-7-2-3-8-21(19)25-22(20)14-18/h4-6,9-10,13-14,23-27H,2-3,7-8,11-12,15H2,1H3/t23-/m1/s1. The number of ether oxygens (including phenoxy) is 1. The monoisotopic (exact) mass is 443 g/mol. The lowest BCUT2D eigenvalue weighted by Crippen LogP contribution is -2.26. The van der Waals surface area contributed by atoms with Crippen LogP contribution < -0.4 is 14.8 Å². The predicted octanol–water partition coefficient (Wildman–Crippen LogP) is 3.12. The van der Waals surface area contributed by atoms with Gasteiger partial charge in [-0.3, -0.25) is 4.72 Å². The Kier molecular flexibility index (Phi) is 6.50. The normalized spacial score (nSPS) is 14.9. The van der Waals surface area contributed by atoms with Crippen LogP contribution in [0.3, 0.4) is 0 Å². The number of aromatic nitrogens is 1. The highest BCUT2D eigenvalue weighted by Gasteiger charge is 2.15. The molecule has 7 nitrogen and oxygen atoms in total. The third-order valence-corrected chi connectivity index (χ3v) is 6.14. The summed E-state index contributed by atoms with van der Waals surface area (Å²) in [5.41, 5.74) is 5.03. The number of benzene rings is 2. The zero-order valence-corrected chi connectivity index (χ0v) is 18.5. The first kappa shape index (κ1) is 21.7. The summed E-state index contributed by atoms with van der Waals surface area (Å²) in [5, 5.41) is 14.9. The first-order valence-electron chi connectivity index (χ1n) is 10.6. The van der Waals surface area contributed by atoms with E-state index in [1.54, 1.807) is 24.3 Å². The van der Waals surface area contributed by atoms with Crippen LogP contribution in [-0.2, 0) is 22.9 Å². The summed E-state index contributed by atoms with van der Waals surface area (Å²) in [5.74, 6) is 0.827. The molecule has 2 aromatic carbocycles. The Balaban J connectivity index is 1.25. The van der Waals surface area contributed by atoms with Gasteiger partial charge in [0.2, 0.25) is 10.0 Å². The van der Waals surface area contributed by atoms with Gasteiger partial charge in [-0.25, -0.2) is 8.42 Å². The molecule has 31 heavy (non-hydrogen) atoms. The summed E-state index contributed by atoms with van der Waals surface area (Å²) >= 11 is 0. The SMILES string of the molecule is CS(=O)(=O)Nc1cccc([C@H](O)CNCCOc2ccc3c4c([nH]c3c2)CCCC4)c1. The maximum absolute atomic E-state index is 11.4. The van der Waals surface area contributed by atoms with Crippen LogP contribution in [0, 0.1) is 0 Å². The molecule has 0 aliphatic heterocycles. The molecule has 0 unspecified atom stereocenters. The van der Waals surface area contributed by atoms with Crippen LogP contribution in [0.1, 0.15) is 35.8 Å². The first-order valence-corrected chi connectivity index (χ1v) is 12.5. The number of aryl methyl sites for hydroxylation is 2. The zero-order valence-electron chi connectivity index (χ0n) is 17.6. The number of aliphatic hydroxyl groups excluding tert-OH is 1. The van der Waals surface area contributed by atoms with Gasteiger partial charge < -0.3 is 20.1 Å². The molecule has 0 amide bonds. The number of anilines is 1. The Morgan fingerprint density at radius 1 is 1.16 bits per heavy atom. The van der Waals surface area contributed by atoms with Gasteiger partial charge in [0, 0.05) is 41.4 Å². The van der Waals surface area contributed by atoms with E-state index in [0.717, 1.165) is 30.4 Å². The second-order valence-corrected chi connectivity index (χ2v) is 9.81. The van der Waals surface area contributed by atoms with Crippen LogP contribution in [0.5, 0.6) is 5.75 Å². The molecule has 1 aromatic heterocycles. The molecule has 166 valence electrons. The molecule has 1 aliphatic rings. The maximum atomic E-state index is 11.4. The molecule has 3 aromatic rings. The number of hydrogen-bond acceptors (Lipinski definition) is 5. The van der Waals surface area contributed by atoms with Gasteiger partial charge in [0.15, 0.2) is 0 Å². The topological polar surface area (TPSA) is 103 Å². The van der Waals surface area contributed by atoms with E-state index in [4.69, 9.17) is 4.74 Å². The quantitative estimate of drug-likeness (QED) is 0.381. The fourth-order valence-corrected chi connectivity index (χ4v) is 4.66. The summed E-state index contributed by atoms with van der Waals surface area (Å²) in [7, 11) is -3.35. The van der Waals surface area contributed by atoms with Crippen LogP contribution in [-0.4, -0.2) is 44.5 Å². The highest BCUT2D eigenvalue weighted by molar-refractivity contribution is 7.92. The van der Waals surface area contributed by atoms with Gasteiger partial charge in [0.05, 0.1) is 12.4 Å². The van der Waals surface area contributed by atoms with Gasteiger partial charge >= 0.3 is 0 Å².